The van der Waals surface area contributed by atoms with E-state index in [2.05, 4.69) is 5.32 Å². The highest BCUT2D eigenvalue weighted by molar-refractivity contribution is 7.14. The number of thiophene rings is 1. The second kappa shape index (κ2) is 7.78. The summed E-state index contributed by atoms with van der Waals surface area (Å²) >= 11 is 1.45. The van der Waals surface area contributed by atoms with Crippen molar-refractivity contribution in [3.63, 3.8) is 0 Å². The zero-order valence-corrected chi connectivity index (χ0v) is 14.8. The van der Waals surface area contributed by atoms with Gasteiger partial charge in [0.1, 0.15) is 10.7 Å². The monoisotopic (exact) mass is 361 g/mol. The van der Waals surface area contributed by atoms with Crippen molar-refractivity contribution in [2.45, 2.75) is 45.1 Å². The second-order valence-electron chi connectivity index (χ2n) is 6.14. The topological polar surface area (TPSA) is 55.4 Å². The first-order valence-electron chi connectivity index (χ1n) is 8.42. The van der Waals surface area contributed by atoms with E-state index in [0.717, 1.165) is 25.7 Å². The van der Waals surface area contributed by atoms with E-state index < -0.39 is 23.8 Å². The molecular weight excluding hydrogens is 341 g/mol. The third kappa shape index (κ3) is 4.25. The molecule has 0 fully saturated rings. The van der Waals surface area contributed by atoms with Crippen molar-refractivity contribution in [3.05, 3.63) is 51.5 Å². The van der Waals surface area contributed by atoms with E-state index in [9.17, 15) is 14.0 Å². The maximum absolute atomic E-state index is 13.6. The predicted octanol–water partition coefficient (Wildman–Crippen LogP) is 4.34. The van der Waals surface area contributed by atoms with Crippen molar-refractivity contribution >= 4 is 28.9 Å². The van der Waals surface area contributed by atoms with Crippen LogP contribution in [-0.4, -0.2) is 18.0 Å². The molecule has 6 heteroatoms. The van der Waals surface area contributed by atoms with Gasteiger partial charge in [0, 0.05) is 4.88 Å². The number of ether oxygens (including phenoxy) is 1. The highest BCUT2D eigenvalue weighted by atomic mass is 32.1. The Balaban J connectivity index is 1.62. The van der Waals surface area contributed by atoms with Crippen LogP contribution in [0.5, 0.6) is 0 Å². The van der Waals surface area contributed by atoms with Crippen LogP contribution in [0.1, 0.15) is 46.3 Å². The lowest BCUT2D eigenvalue weighted by atomic mass is 10.1. The average molecular weight is 361 g/mol. The first-order chi connectivity index (χ1) is 12.0. The number of rotatable bonds is 4. The summed E-state index contributed by atoms with van der Waals surface area (Å²) in [6, 6.07) is 7.75. The van der Waals surface area contributed by atoms with Gasteiger partial charge < -0.3 is 10.1 Å². The zero-order chi connectivity index (χ0) is 17.8. The van der Waals surface area contributed by atoms with Gasteiger partial charge in [-0.1, -0.05) is 18.6 Å². The number of nitrogens with one attached hydrogen (secondary N) is 1. The number of carbonyl (C=O) groups is 2. The van der Waals surface area contributed by atoms with E-state index in [0.29, 0.717) is 4.88 Å². The Labute approximate surface area is 150 Å². The first kappa shape index (κ1) is 17.6. The summed E-state index contributed by atoms with van der Waals surface area (Å²) in [5, 5.41) is 2.44. The molecule has 1 amide bonds. The van der Waals surface area contributed by atoms with Crippen molar-refractivity contribution in [2.24, 2.45) is 0 Å². The molecular formula is C19H20FNO3S. The molecule has 0 unspecified atom stereocenters. The van der Waals surface area contributed by atoms with Gasteiger partial charge in [0.2, 0.25) is 0 Å². The Morgan fingerprint density at radius 2 is 1.96 bits per heavy atom. The lowest BCUT2D eigenvalue weighted by Crippen LogP contribution is -2.30. The van der Waals surface area contributed by atoms with Crippen LogP contribution in [0.25, 0.3) is 0 Å². The molecule has 3 rings (SSSR count). The summed E-state index contributed by atoms with van der Waals surface area (Å²) in [6.45, 7) is 1.48. The minimum atomic E-state index is -1.01. The number of aryl methyl sites for hydroxylation is 2. The number of fused-ring (bicyclic) bond motifs is 1. The summed E-state index contributed by atoms with van der Waals surface area (Å²) in [5.74, 6) is -1.60. The van der Waals surface area contributed by atoms with Gasteiger partial charge in [0.05, 0.1) is 5.69 Å². The van der Waals surface area contributed by atoms with Crippen LogP contribution in [-0.2, 0) is 22.4 Å². The standard InChI is InChI=1S/C19H20FNO3S/c1-12(18(22)21-15-9-6-5-8-14(15)20)24-19(23)17-11-13-7-3-2-4-10-16(13)25-17/h5-6,8-9,11-12H,2-4,7,10H2,1H3,(H,21,22)/t12-/m0/s1. The van der Waals surface area contributed by atoms with E-state index in [-0.39, 0.29) is 5.69 Å². The Kier molecular flexibility index (Phi) is 5.48. The van der Waals surface area contributed by atoms with Gasteiger partial charge in [-0.25, -0.2) is 9.18 Å². The van der Waals surface area contributed by atoms with E-state index in [1.54, 1.807) is 6.07 Å². The molecule has 1 aromatic carbocycles. The van der Waals surface area contributed by atoms with Gasteiger partial charge >= 0.3 is 5.97 Å². The van der Waals surface area contributed by atoms with Crippen LogP contribution in [0.2, 0.25) is 0 Å². The quantitative estimate of drug-likeness (QED) is 0.651. The number of halogens is 1. The van der Waals surface area contributed by atoms with Crippen molar-refractivity contribution in [1.29, 1.82) is 0 Å². The fraction of sp³-hybridized carbons (Fsp3) is 0.368. The molecule has 1 heterocycles. The molecule has 1 atom stereocenters. The summed E-state index contributed by atoms with van der Waals surface area (Å²) in [5.41, 5.74) is 1.29. The Morgan fingerprint density at radius 1 is 1.20 bits per heavy atom. The van der Waals surface area contributed by atoms with E-state index in [1.807, 2.05) is 6.07 Å². The van der Waals surface area contributed by atoms with E-state index >= 15 is 0 Å². The Hall–Kier alpha value is -2.21. The van der Waals surface area contributed by atoms with E-state index in [4.69, 9.17) is 4.74 Å². The van der Waals surface area contributed by atoms with Crippen LogP contribution in [0.3, 0.4) is 0 Å². The molecule has 132 valence electrons. The van der Waals surface area contributed by atoms with Crippen molar-refractivity contribution < 1.29 is 18.7 Å². The number of para-hydroxylation sites is 1. The highest BCUT2D eigenvalue weighted by Gasteiger charge is 2.23. The van der Waals surface area contributed by atoms with Crippen LogP contribution < -0.4 is 5.32 Å². The highest BCUT2D eigenvalue weighted by Crippen LogP contribution is 2.29. The zero-order valence-electron chi connectivity index (χ0n) is 14.0. The molecule has 0 bridgehead atoms. The number of benzene rings is 1. The van der Waals surface area contributed by atoms with Gasteiger partial charge in [0.25, 0.3) is 5.91 Å². The van der Waals surface area contributed by atoms with E-state index in [1.165, 1.54) is 53.3 Å². The fourth-order valence-electron chi connectivity index (χ4n) is 2.84. The number of hydrogen-bond acceptors (Lipinski definition) is 4. The summed E-state index contributed by atoms with van der Waals surface area (Å²) in [4.78, 5) is 26.2. The molecule has 25 heavy (non-hydrogen) atoms. The molecule has 1 aromatic heterocycles. The lowest BCUT2D eigenvalue weighted by Gasteiger charge is -2.13. The number of amides is 1. The van der Waals surface area contributed by atoms with Gasteiger partial charge in [-0.15, -0.1) is 11.3 Å². The molecule has 0 radical (unpaired) electrons. The molecule has 0 saturated heterocycles. The van der Waals surface area contributed by atoms with Crippen molar-refractivity contribution in [1.82, 2.24) is 0 Å². The number of anilines is 1. The minimum absolute atomic E-state index is 0.0678. The summed E-state index contributed by atoms with van der Waals surface area (Å²) < 4.78 is 18.8. The fourth-order valence-corrected chi connectivity index (χ4v) is 3.97. The third-order valence-electron chi connectivity index (χ3n) is 4.23. The average Bonchev–Trinajstić information content (AvgIpc) is 2.88. The maximum Gasteiger partial charge on any atom is 0.349 e. The summed E-state index contributed by atoms with van der Waals surface area (Å²) in [6.07, 6.45) is 4.48. The van der Waals surface area contributed by atoms with Crippen molar-refractivity contribution in [3.8, 4) is 0 Å². The predicted molar refractivity (Wildman–Crippen MR) is 95.5 cm³/mol. The largest absolute Gasteiger partial charge is 0.448 e. The number of esters is 1. The molecule has 0 spiro atoms. The molecule has 0 aliphatic heterocycles. The SMILES string of the molecule is C[C@H](OC(=O)c1cc2c(s1)CCCCC2)C(=O)Nc1ccccc1F. The molecule has 2 aromatic rings. The third-order valence-corrected chi connectivity index (χ3v) is 5.45. The molecule has 1 N–H and O–H groups in total. The Bertz CT molecular complexity index is 763. The van der Waals surface area contributed by atoms with Crippen molar-refractivity contribution in [2.75, 3.05) is 5.32 Å². The summed E-state index contributed by atoms with van der Waals surface area (Å²) in [7, 11) is 0. The van der Waals surface area contributed by atoms with Gasteiger partial charge in [0.15, 0.2) is 6.10 Å². The smallest absolute Gasteiger partial charge is 0.349 e. The van der Waals surface area contributed by atoms with Crippen LogP contribution >= 0.6 is 11.3 Å². The van der Waals surface area contributed by atoms with Crippen LogP contribution in [0, 0.1) is 5.82 Å². The molecule has 0 saturated carbocycles. The normalized spacial score (nSPS) is 15.0. The molecule has 1 aliphatic rings. The maximum atomic E-state index is 13.6. The van der Waals surface area contributed by atoms with Crippen LogP contribution in [0.4, 0.5) is 10.1 Å². The van der Waals surface area contributed by atoms with Crippen LogP contribution in [0.15, 0.2) is 30.3 Å². The van der Waals surface area contributed by atoms with Gasteiger partial charge in [-0.05, 0) is 56.4 Å². The minimum Gasteiger partial charge on any atom is -0.448 e. The lowest BCUT2D eigenvalue weighted by molar-refractivity contribution is -0.123. The Morgan fingerprint density at radius 3 is 2.76 bits per heavy atom. The van der Waals surface area contributed by atoms with Gasteiger partial charge in [-0.3, -0.25) is 4.79 Å². The number of carbonyl (C=O) groups excluding carboxylic acids is 2. The first-order valence-corrected chi connectivity index (χ1v) is 9.24. The molecule has 4 nitrogen and oxygen atoms in total. The number of hydrogen-bond donors (Lipinski definition) is 1. The second-order valence-corrected chi connectivity index (χ2v) is 7.27. The van der Waals surface area contributed by atoms with Gasteiger partial charge in [-0.2, -0.15) is 0 Å². The molecule has 1 aliphatic carbocycles.